The summed E-state index contributed by atoms with van der Waals surface area (Å²) in [6, 6.07) is 9.79. The van der Waals surface area contributed by atoms with Gasteiger partial charge in [-0.15, -0.1) is 0 Å². The lowest BCUT2D eigenvalue weighted by molar-refractivity contribution is -0.142. The van der Waals surface area contributed by atoms with E-state index in [1.165, 1.54) is 0 Å². The van der Waals surface area contributed by atoms with Crippen LogP contribution in [0.2, 0.25) is 0 Å². The van der Waals surface area contributed by atoms with Crippen molar-refractivity contribution in [3.8, 4) is 0 Å². The van der Waals surface area contributed by atoms with E-state index in [0.29, 0.717) is 17.6 Å². The van der Waals surface area contributed by atoms with Gasteiger partial charge in [-0.25, -0.2) is 4.79 Å². The number of carbonyl (C=O) groups excluding carboxylic acids is 2. The molecule has 1 fully saturated rings. The van der Waals surface area contributed by atoms with Crippen LogP contribution in [0.15, 0.2) is 52.9 Å². The molecule has 0 spiro atoms. The Labute approximate surface area is 172 Å². The van der Waals surface area contributed by atoms with Gasteiger partial charge in [0.25, 0.3) is 0 Å². The van der Waals surface area contributed by atoms with Crippen LogP contribution in [0.1, 0.15) is 57.9 Å². The minimum absolute atomic E-state index is 0.0292. The highest BCUT2D eigenvalue weighted by Gasteiger charge is 2.43. The molecule has 5 heteroatoms. The second-order valence-corrected chi connectivity index (χ2v) is 9.07. The van der Waals surface area contributed by atoms with Gasteiger partial charge in [0, 0.05) is 35.9 Å². The summed E-state index contributed by atoms with van der Waals surface area (Å²) in [7, 11) is 0. The van der Waals surface area contributed by atoms with Crippen LogP contribution in [-0.4, -0.2) is 31.1 Å². The summed E-state index contributed by atoms with van der Waals surface area (Å²) < 4.78 is 11.2. The van der Waals surface area contributed by atoms with Crippen molar-refractivity contribution in [1.82, 2.24) is 5.32 Å². The largest absolute Gasteiger partial charge is 0.459 e. The smallest absolute Gasteiger partial charge is 0.336 e. The zero-order valence-electron chi connectivity index (χ0n) is 17.4. The second kappa shape index (κ2) is 7.79. The molecule has 154 valence electrons. The van der Waals surface area contributed by atoms with Crippen molar-refractivity contribution in [2.75, 3.05) is 13.2 Å². The summed E-state index contributed by atoms with van der Waals surface area (Å²) in [6.45, 7) is 7.09. The second-order valence-electron chi connectivity index (χ2n) is 9.07. The van der Waals surface area contributed by atoms with Crippen LogP contribution in [0.25, 0.3) is 0 Å². The number of nitrogens with one attached hydrogen (secondary N) is 1. The maximum atomic E-state index is 13.2. The fourth-order valence-electron chi connectivity index (χ4n) is 4.71. The molecule has 0 radical (unpaired) electrons. The first-order valence-electron chi connectivity index (χ1n) is 10.4. The van der Waals surface area contributed by atoms with E-state index in [1.807, 2.05) is 37.3 Å². The summed E-state index contributed by atoms with van der Waals surface area (Å²) in [5, 5.41) is 3.37. The van der Waals surface area contributed by atoms with Crippen LogP contribution in [0.4, 0.5) is 0 Å². The molecule has 0 unspecified atom stereocenters. The average Bonchev–Trinajstić information content (AvgIpc) is 3.18. The molecule has 1 saturated heterocycles. The number of benzene rings is 1. The molecule has 0 aromatic heterocycles. The number of allylic oxidation sites excluding steroid dienone is 3. The monoisotopic (exact) mass is 395 g/mol. The lowest BCUT2D eigenvalue weighted by Gasteiger charge is -2.39. The van der Waals surface area contributed by atoms with E-state index in [4.69, 9.17) is 9.47 Å². The van der Waals surface area contributed by atoms with E-state index >= 15 is 0 Å². The van der Waals surface area contributed by atoms with Crippen molar-refractivity contribution in [3.63, 3.8) is 0 Å². The predicted octanol–water partition coefficient (Wildman–Crippen LogP) is 4.01. The standard InChI is InChI=1S/C24H29NO4/c1-15-20(23(27)29-14-17-10-7-11-28-17)21(16-8-5-4-6-9-16)22-18(25-15)12-24(2,3)13-19(22)26/h4-6,8-9,17,21,25H,7,10-14H2,1-3H3/t17-,21+/m0/s1. The third-order valence-corrected chi connectivity index (χ3v) is 6.02. The molecule has 1 aromatic rings. The molecule has 2 heterocycles. The molecule has 0 bridgehead atoms. The van der Waals surface area contributed by atoms with Crippen LogP contribution < -0.4 is 5.32 Å². The Bertz CT molecular complexity index is 875. The van der Waals surface area contributed by atoms with Crippen molar-refractivity contribution in [2.45, 2.75) is 58.5 Å². The van der Waals surface area contributed by atoms with Crippen LogP contribution in [0.5, 0.6) is 0 Å². The van der Waals surface area contributed by atoms with E-state index in [-0.39, 0.29) is 29.9 Å². The van der Waals surface area contributed by atoms with Gasteiger partial charge in [-0.3, -0.25) is 4.79 Å². The topological polar surface area (TPSA) is 64.6 Å². The zero-order valence-corrected chi connectivity index (χ0v) is 17.4. The van der Waals surface area contributed by atoms with Gasteiger partial charge in [-0.1, -0.05) is 44.2 Å². The molecule has 1 aliphatic carbocycles. The Hall–Kier alpha value is -2.40. The minimum Gasteiger partial charge on any atom is -0.459 e. The third-order valence-electron chi connectivity index (χ3n) is 6.02. The lowest BCUT2D eigenvalue weighted by Crippen LogP contribution is -2.39. The first kappa shape index (κ1) is 19.9. The Kier molecular flexibility index (Phi) is 5.34. The highest BCUT2D eigenvalue weighted by Crippen LogP contribution is 2.46. The fourth-order valence-corrected chi connectivity index (χ4v) is 4.71. The van der Waals surface area contributed by atoms with E-state index in [2.05, 4.69) is 19.2 Å². The van der Waals surface area contributed by atoms with E-state index in [9.17, 15) is 9.59 Å². The molecule has 1 aromatic carbocycles. The van der Waals surface area contributed by atoms with Crippen LogP contribution in [0.3, 0.4) is 0 Å². The van der Waals surface area contributed by atoms with Gasteiger partial charge in [0.05, 0.1) is 11.7 Å². The molecule has 0 saturated carbocycles. The Morgan fingerprint density at radius 1 is 1.24 bits per heavy atom. The number of esters is 1. The summed E-state index contributed by atoms with van der Waals surface area (Å²) >= 11 is 0. The van der Waals surface area contributed by atoms with Crippen LogP contribution in [-0.2, 0) is 19.1 Å². The van der Waals surface area contributed by atoms with Gasteiger partial charge >= 0.3 is 5.97 Å². The average molecular weight is 395 g/mol. The Balaban J connectivity index is 1.70. The van der Waals surface area contributed by atoms with Gasteiger partial charge in [0.2, 0.25) is 0 Å². The molecular formula is C24H29NO4. The number of ketones is 1. The lowest BCUT2D eigenvalue weighted by atomic mass is 9.68. The van der Waals surface area contributed by atoms with Crippen LogP contribution in [0, 0.1) is 5.41 Å². The zero-order chi connectivity index (χ0) is 20.6. The minimum atomic E-state index is -0.395. The Morgan fingerprint density at radius 3 is 2.69 bits per heavy atom. The summed E-state index contributed by atoms with van der Waals surface area (Å²) in [5.74, 6) is -0.661. The number of ether oxygens (including phenoxy) is 2. The molecule has 3 aliphatic rings. The van der Waals surface area contributed by atoms with Crippen molar-refractivity contribution in [2.24, 2.45) is 5.41 Å². The molecule has 2 atom stereocenters. The SMILES string of the molecule is CC1=C(C(=O)OC[C@@H]2CCCO2)[C@@H](c2ccccc2)C2=C(CC(C)(C)CC2=O)N1. The highest BCUT2D eigenvalue weighted by molar-refractivity contribution is 6.04. The number of carbonyl (C=O) groups is 2. The maximum Gasteiger partial charge on any atom is 0.336 e. The Morgan fingerprint density at radius 2 is 2.00 bits per heavy atom. The van der Waals surface area contributed by atoms with E-state index in [0.717, 1.165) is 42.8 Å². The fraction of sp³-hybridized carbons (Fsp3) is 0.500. The first-order valence-corrected chi connectivity index (χ1v) is 10.4. The molecule has 4 rings (SSSR count). The molecule has 1 N–H and O–H groups in total. The van der Waals surface area contributed by atoms with Crippen molar-refractivity contribution < 1.29 is 19.1 Å². The van der Waals surface area contributed by atoms with Gasteiger partial charge in [0.15, 0.2) is 5.78 Å². The maximum absolute atomic E-state index is 13.2. The number of hydrogen-bond acceptors (Lipinski definition) is 5. The summed E-state index contributed by atoms with van der Waals surface area (Å²) in [5.41, 5.74) is 3.79. The molecule has 29 heavy (non-hydrogen) atoms. The number of hydrogen-bond donors (Lipinski definition) is 1. The van der Waals surface area contributed by atoms with Crippen molar-refractivity contribution in [3.05, 3.63) is 58.4 Å². The van der Waals surface area contributed by atoms with Gasteiger partial charge in [0.1, 0.15) is 6.61 Å². The quantitative estimate of drug-likeness (QED) is 0.781. The van der Waals surface area contributed by atoms with Gasteiger partial charge in [-0.05, 0) is 37.2 Å². The van der Waals surface area contributed by atoms with Gasteiger partial charge in [-0.2, -0.15) is 0 Å². The number of Topliss-reactive ketones (excluding diaryl/α,β-unsaturated/α-hetero) is 1. The first-order chi connectivity index (χ1) is 13.9. The molecule has 2 aliphatic heterocycles. The summed E-state index contributed by atoms with van der Waals surface area (Å²) in [4.78, 5) is 26.3. The van der Waals surface area contributed by atoms with E-state index in [1.54, 1.807) is 0 Å². The number of dihydropyridines is 1. The predicted molar refractivity (Wildman–Crippen MR) is 110 cm³/mol. The third kappa shape index (κ3) is 4.01. The summed E-state index contributed by atoms with van der Waals surface area (Å²) in [6.07, 6.45) is 3.15. The highest BCUT2D eigenvalue weighted by atomic mass is 16.6. The van der Waals surface area contributed by atoms with Gasteiger partial charge < -0.3 is 14.8 Å². The normalized spacial score (nSPS) is 26.2. The molecular weight excluding hydrogens is 366 g/mol. The van der Waals surface area contributed by atoms with Crippen molar-refractivity contribution in [1.29, 1.82) is 0 Å². The molecule has 5 nitrogen and oxygen atoms in total. The van der Waals surface area contributed by atoms with E-state index < -0.39 is 5.92 Å². The molecule has 0 amide bonds. The number of rotatable bonds is 4. The van der Waals surface area contributed by atoms with Crippen LogP contribution >= 0.6 is 0 Å². The van der Waals surface area contributed by atoms with Crippen molar-refractivity contribution >= 4 is 11.8 Å².